The van der Waals surface area contributed by atoms with Crippen molar-refractivity contribution in [3.63, 3.8) is 0 Å². The molecule has 1 unspecified atom stereocenters. The summed E-state index contributed by atoms with van der Waals surface area (Å²) in [6.45, 7) is 6.07. The van der Waals surface area contributed by atoms with Crippen molar-refractivity contribution in [2.75, 3.05) is 38.7 Å². The van der Waals surface area contributed by atoms with Crippen LogP contribution in [0.2, 0.25) is 0 Å². The first-order valence-electron chi connectivity index (χ1n) is 11.1. The molecule has 2 saturated heterocycles. The van der Waals surface area contributed by atoms with Crippen LogP contribution < -0.4 is 21.3 Å². The minimum Gasteiger partial charge on any atom is -0.495 e. The predicted octanol–water partition coefficient (Wildman–Crippen LogP) is 3.96. The van der Waals surface area contributed by atoms with E-state index in [9.17, 15) is 13.2 Å². The third-order valence-corrected chi connectivity index (χ3v) is 6.48. The van der Waals surface area contributed by atoms with E-state index in [0.717, 1.165) is 29.6 Å². The number of nitrogens with zero attached hydrogens (tertiary/aromatic N) is 1. The molecule has 0 aliphatic carbocycles. The molecule has 1 atom stereocenters. The molecule has 10 heteroatoms. The molecule has 35 heavy (non-hydrogen) atoms. The van der Waals surface area contributed by atoms with E-state index in [1.54, 1.807) is 7.11 Å². The van der Waals surface area contributed by atoms with Crippen LogP contribution in [-0.2, 0) is 4.74 Å². The Hall–Kier alpha value is -3.34. The van der Waals surface area contributed by atoms with Crippen LogP contribution in [0.25, 0.3) is 6.08 Å². The maximum absolute atomic E-state index is 14.1. The van der Waals surface area contributed by atoms with Crippen LogP contribution in [0.15, 0.2) is 48.2 Å². The van der Waals surface area contributed by atoms with Gasteiger partial charge in [-0.1, -0.05) is 12.6 Å². The van der Waals surface area contributed by atoms with Crippen LogP contribution in [0.1, 0.15) is 23.6 Å². The first kappa shape index (κ1) is 24.8. The lowest BCUT2D eigenvalue weighted by Gasteiger charge is -2.52. The van der Waals surface area contributed by atoms with E-state index in [-0.39, 0.29) is 17.5 Å². The Balaban J connectivity index is 1.73. The number of nitrogens with one attached hydrogen (secondary N) is 3. The summed E-state index contributed by atoms with van der Waals surface area (Å²) in [5.41, 5.74) is 5.77. The average Bonchev–Trinajstić information content (AvgIpc) is 2.82. The second-order valence-electron chi connectivity index (χ2n) is 8.88. The van der Waals surface area contributed by atoms with Gasteiger partial charge in [0.2, 0.25) is 0 Å². The normalized spacial score (nSPS) is 18.9. The van der Waals surface area contributed by atoms with Crippen molar-refractivity contribution in [1.82, 2.24) is 10.3 Å². The summed E-state index contributed by atoms with van der Waals surface area (Å²) in [5, 5.41) is 10.1. The van der Waals surface area contributed by atoms with Gasteiger partial charge in [0.05, 0.1) is 38.4 Å². The van der Waals surface area contributed by atoms with Crippen molar-refractivity contribution < 1.29 is 22.6 Å². The van der Waals surface area contributed by atoms with Gasteiger partial charge in [-0.15, -0.1) is 0 Å². The maximum Gasteiger partial charge on any atom is 0.194 e. The molecule has 2 aromatic carbocycles. The number of anilines is 1. The predicted molar refractivity (Wildman–Crippen MR) is 128 cm³/mol. The number of benzene rings is 2. The minimum atomic E-state index is -1.51. The highest BCUT2D eigenvalue weighted by atomic mass is 19.2. The number of hydrogen-bond acceptors (Lipinski definition) is 6. The summed E-state index contributed by atoms with van der Waals surface area (Å²) in [5.74, 6) is 2.18. The molecule has 5 N–H and O–H groups in total. The number of allylic oxidation sites excluding steroid dienone is 1. The van der Waals surface area contributed by atoms with Gasteiger partial charge in [-0.2, -0.15) is 0 Å². The molecule has 186 valence electrons. The van der Waals surface area contributed by atoms with E-state index in [0.29, 0.717) is 43.3 Å². The van der Waals surface area contributed by atoms with E-state index in [1.807, 2.05) is 29.2 Å². The monoisotopic (exact) mass is 487 g/mol. The van der Waals surface area contributed by atoms with Crippen molar-refractivity contribution in [3.8, 4) is 5.75 Å². The number of hydrogen-bond donors (Lipinski definition) is 4. The molecule has 7 nitrogen and oxygen atoms in total. The fourth-order valence-electron chi connectivity index (χ4n) is 4.70. The zero-order valence-electron chi connectivity index (χ0n) is 19.3. The van der Waals surface area contributed by atoms with Gasteiger partial charge in [-0.25, -0.2) is 13.2 Å². The van der Waals surface area contributed by atoms with E-state index >= 15 is 0 Å². The molecule has 4 rings (SSSR count). The van der Waals surface area contributed by atoms with Crippen molar-refractivity contribution in [1.29, 1.82) is 5.41 Å². The molecule has 2 aromatic rings. The zero-order valence-corrected chi connectivity index (χ0v) is 19.3. The van der Waals surface area contributed by atoms with Gasteiger partial charge in [0.15, 0.2) is 17.5 Å². The third kappa shape index (κ3) is 4.90. The molecule has 0 amide bonds. The Morgan fingerprint density at radius 3 is 2.54 bits per heavy atom. The van der Waals surface area contributed by atoms with Crippen LogP contribution >= 0.6 is 0 Å². The lowest BCUT2D eigenvalue weighted by molar-refractivity contribution is -0.132. The molecule has 0 saturated carbocycles. The molecular formula is C25H28F3N5O2. The topological polar surface area (TPSA) is 95.6 Å². The van der Waals surface area contributed by atoms with Gasteiger partial charge < -0.3 is 19.7 Å². The summed E-state index contributed by atoms with van der Waals surface area (Å²) in [7, 11) is 1.55. The Morgan fingerprint density at radius 2 is 1.97 bits per heavy atom. The Labute approximate surface area is 201 Å². The quantitative estimate of drug-likeness (QED) is 0.148. The molecule has 0 radical (unpaired) electrons. The lowest BCUT2D eigenvalue weighted by atomic mass is 9.74. The Kier molecular flexibility index (Phi) is 7.15. The molecule has 0 aromatic heterocycles. The van der Waals surface area contributed by atoms with Crippen LogP contribution in [-0.4, -0.2) is 44.7 Å². The van der Waals surface area contributed by atoms with Gasteiger partial charge >= 0.3 is 0 Å². The largest absolute Gasteiger partial charge is 0.495 e. The Morgan fingerprint density at radius 1 is 1.26 bits per heavy atom. The molecule has 0 bridgehead atoms. The first-order valence-corrected chi connectivity index (χ1v) is 11.1. The van der Waals surface area contributed by atoms with Gasteiger partial charge in [-0.3, -0.25) is 16.7 Å². The number of methoxy groups -OCH3 is 1. The molecule has 2 heterocycles. The molecular weight excluding hydrogens is 459 g/mol. The molecule has 1 spiro atoms. The number of halogens is 3. The molecule has 2 aliphatic rings. The fourth-order valence-corrected chi connectivity index (χ4v) is 4.70. The summed E-state index contributed by atoms with van der Waals surface area (Å²) in [6.07, 6.45) is 3.77. The summed E-state index contributed by atoms with van der Waals surface area (Å²) in [4.78, 5) is 1.95. The smallest absolute Gasteiger partial charge is 0.194 e. The summed E-state index contributed by atoms with van der Waals surface area (Å²) < 4.78 is 52.8. The molecule has 2 aliphatic heterocycles. The van der Waals surface area contributed by atoms with E-state index in [2.05, 4.69) is 17.3 Å². The standard InChI is InChI=1S/C25H28F3N5O2/c1-15-18(5-16-3-4-21(31-14-29)23(6-16)34-2)9-25(12-35-13-25)11-33(15)22(10-32-30)17-7-19(26)24(28)20(27)8-17/h3-8,14,22,32H,1,9-13,30H2,2H3,(H2,29,31)/b18-5+. The van der Waals surface area contributed by atoms with Crippen molar-refractivity contribution >= 4 is 18.1 Å². The fraction of sp³-hybridized carbons (Fsp3) is 0.320. The highest BCUT2D eigenvalue weighted by Gasteiger charge is 2.46. The highest BCUT2D eigenvalue weighted by molar-refractivity contribution is 5.78. The number of likely N-dealkylation sites (tertiary alicyclic amines) is 1. The van der Waals surface area contributed by atoms with Crippen LogP contribution in [0.3, 0.4) is 0 Å². The molecule has 2 fully saturated rings. The zero-order chi connectivity index (χ0) is 25.2. The SMILES string of the molecule is C=C1/C(=C/c2ccc(NC=N)c(OC)c2)CC2(COC2)CN1C(CNN)c1cc(F)c(F)c(F)c1. The summed E-state index contributed by atoms with van der Waals surface area (Å²) in [6, 6.07) is 6.95. The van der Waals surface area contributed by atoms with Gasteiger partial charge in [0.25, 0.3) is 0 Å². The maximum atomic E-state index is 14.1. The van der Waals surface area contributed by atoms with Crippen molar-refractivity contribution in [2.45, 2.75) is 12.5 Å². The van der Waals surface area contributed by atoms with Crippen molar-refractivity contribution in [2.24, 2.45) is 11.3 Å². The number of piperidine rings is 1. The van der Waals surface area contributed by atoms with E-state index < -0.39 is 23.5 Å². The summed E-state index contributed by atoms with van der Waals surface area (Å²) >= 11 is 0. The first-order chi connectivity index (χ1) is 16.8. The van der Waals surface area contributed by atoms with Gasteiger partial charge in [0, 0.05) is 24.2 Å². The Bertz CT molecular complexity index is 1140. The van der Waals surface area contributed by atoms with Crippen LogP contribution in [0.5, 0.6) is 5.75 Å². The second kappa shape index (κ2) is 10.1. The van der Waals surface area contributed by atoms with Gasteiger partial charge in [0.1, 0.15) is 5.75 Å². The van der Waals surface area contributed by atoms with Gasteiger partial charge in [-0.05, 0) is 53.5 Å². The lowest BCUT2D eigenvalue weighted by Crippen LogP contribution is -2.55. The number of hydrazine groups is 1. The second-order valence-corrected chi connectivity index (χ2v) is 8.88. The van der Waals surface area contributed by atoms with E-state index in [4.69, 9.17) is 20.7 Å². The average molecular weight is 488 g/mol. The minimum absolute atomic E-state index is 0.158. The number of rotatable bonds is 8. The number of nitrogens with two attached hydrogens (primary N) is 1. The van der Waals surface area contributed by atoms with E-state index in [1.165, 1.54) is 0 Å². The third-order valence-electron chi connectivity index (χ3n) is 6.48. The van der Waals surface area contributed by atoms with Crippen molar-refractivity contribution in [3.05, 3.63) is 76.8 Å². The van der Waals surface area contributed by atoms with Crippen LogP contribution in [0.4, 0.5) is 18.9 Å². The number of ether oxygens (including phenoxy) is 2. The van der Waals surface area contributed by atoms with Crippen LogP contribution in [0, 0.1) is 28.3 Å². The highest BCUT2D eigenvalue weighted by Crippen LogP contribution is 2.46.